The minimum atomic E-state index is -0.526. The smallest absolute Gasteiger partial charge is 0.129 e. The summed E-state index contributed by atoms with van der Waals surface area (Å²) in [5, 5.41) is 14.7. The number of ether oxygens (including phenoxy) is 2. The minimum absolute atomic E-state index is 0.0861. The summed E-state index contributed by atoms with van der Waals surface area (Å²) in [5.41, 5.74) is 2.17. The number of β-amino-alcohol motifs (C(OH)–C–C–N with tert-alkyl or cyclic N) is 1. The van der Waals surface area contributed by atoms with Crippen LogP contribution in [0.1, 0.15) is 17.1 Å². The average Bonchev–Trinajstić information content (AvgIpc) is 3.18. The third-order valence-corrected chi connectivity index (χ3v) is 4.31. The van der Waals surface area contributed by atoms with E-state index >= 15 is 0 Å². The highest BCUT2D eigenvalue weighted by atomic mass is 16.5. The van der Waals surface area contributed by atoms with Crippen molar-refractivity contribution in [1.29, 1.82) is 0 Å². The Balaban J connectivity index is 1.40. The number of hydrogen-bond donors (Lipinski definition) is 1. The molecule has 0 aromatic carbocycles. The molecule has 2 aromatic heterocycles. The Labute approximate surface area is 148 Å². The van der Waals surface area contributed by atoms with Crippen molar-refractivity contribution in [3.05, 3.63) is 41.6 Å². The van der Waals surface area contributed by atoms with Crippen LogP contribution in [0.2, 0.25) is 0 Å². The summed E-state index contributed by atoms with van der Waals surface area (Å²) in [5.74, 6) is 0.767. The van der Waals surface area contributed by atoms with E-state index in [-0.39, 0.29) is 6.10 Å². The maximum atomic E-state index is 10.2. The minimum Gasteiger partial charge on any atom is -0.467 e. The van der Waals surface area contributed by atoms with Crippen LogP contribution < -0.4 is 0 Å². The summed E-state index contributed by atoms with van der Waals surface area (Å²) in [7, 11) is 0. The Morgan fingerprint density at radius 3 is 3.04 bits per heavy atom. The fraction of sp³-hybridized carbons (Fsp3) is 0.611. The number of aliphatic hydroxyl groups excluding tert-OH is 1. The molecule has 0 saturated carbocycles. The van der Waals surface area contributed by atoms with Crippen LogP contribution >= 0.6 is 0 Å². The molecule has 0 spiro atoms. The van der Waals surface area contributed by atoms with Crippen LogP contribution in [0.5, 0.6) is 0 Å². The van der Waals surface area contributed by atoms with Crippen molar-refractivity contribution < 1.29 is 19.0 Å². The molecule has 0 unspecified atom stereocenters. The van der Waals surface area contributed by atoms with Gasteiger partial charge in [-0.15, -0.1) is 0 Å². The lowest BCUT2D eigenvalue weighted by molar-refractivity contribution is -0.0591. The van der Waals surface area contributed by atoms with Gasteiger partial charge in [-0.05, 0) is 32.0 Å². The summed E-state index contributed by atoms with van der Waals surface area (Å²) in [6.45, 7) is 8.32. The average molecular weight is 349 g/mol. The molecule has 0 bridgehead atoms. The Morgan fingerprint density at radius 1 is 1.44 bits per heavy atom. The molecule has 2 aromatic rings. The van der Waals surface area contributed by atoms with E-state index in [1.54, 1.807) is 6.26 Å². The second-order valence-corrected chi connectivity index (χ2v) is 6.61. The van der Waals surface area contributed by atoms with Crippen molar-refractivity contribution in [3.63, 3.8) is 0 Å². The molecule has 7 heteroatoms. The molecule has 1 aliphatic heterocycles. The number of nitrogens with zero attached hydrogens (tertiary/aromatic N) is 3. The van der Waals surface area contributed by atoms with E-state index < -0.39 is 6.10 Å². The molecule has 0 amide bonds. The van der Waals surface area contributed by atoms with Crippen LogP contribution in [0.4, 0.5) is 0 Å². The van der Waals surface area contributed by atoms with Crippen LogP contribution in [0.3, 0.4) is 0 Å². The number of furan rings is 1. The fourth-order valence-electron chi connectivity index (χ4n) is 3.15. The summed E-state index contributed by atoms with van der Waals surface area (Å²) in [6.07, 6.45) is 1.18. The van der Waals surface area contributed by atoms with Gasteiger partial charge in [0, 0.05) is 25.3 Å². The maximum absolute atomic E-state index is 10.2. The molecule has 3 heterocycles. The Hall–Kier alpha value is -1.67. The zero-order chi connectivity index (χ0) is 17.6. The van der Waals surface area contributed by atoms with Gasteiger partial charge in [0.1, 0.15) is 12.4 Å². The van der Waals surface area contributed by atoms with Gasteiger partial charge in [0.15, 0.2) is 0 Å². The van der Waals surface area contributed by atoms with Crippen molar-refractivity contribution in [3.8, 4) is 0 Å². The van der Waals surface area contributed by atoms with Gasteiger partial charge in [-0.1, -0.05) is 0 Å². The number of aliphatic hydroxyl groups is 1. The standard InChI is InChI=1S/C18H27N3O4/c1-14-8-15(2)21(19-14)11-18-10-20(5-7-25-18)9-16(22)12-23-13-17-4-3-6-24-17/h3-4,6,8,16,18,22H,5,7,9-13H2,1-2H3/t16-,18-/m1/s1. The van der Waals surface area contributed by atoms with Gasteiger partial charge in [0.05, 0.1) is 43.9 Å². The summed E-state index contributed by atoms with van der Waals surface area (Å²) in [6, 6.07) is 5.75. The normalized spacial score (nSPS) is 20.0. The van der Waals surface area contributed by atoms with Crippen molar-refractivity contribution in [1.82, 2.24) is 14.7 Å². The topological polar surface area (TPSA) is 72.9 Å². The van der Waals surface area contributed by atoms with Crippen LogP contribution in [0.15, 0.2) is 28.9 Å². The first-order valence-electron chi connectivity index (χ1n) is 8.73. The van der Waals surface area contributed by atoms with E-state index in [9.17, 15) is 5.11 Å². The Kier molecular flexibility index (Phi) is 6.25. The second-order valence-electron chi connectivity index (χ2n) is 6.61. The van der Waals surface area contributed by atoms with Gasteiger partial charge in [0.2, 0.25) is 0 Å². The molecule has 1 fully saturated rings. The molecule has 138 valence electrons. The van der Waals surface area contributed by atoms with Crippen molar-refractivity contribution in [2.45, 2.75) is 39.2 Å². The molecule has 25 heavy (non-hydrogen) atoms. The van der Waals surface area contributed by atoms with Gasteiger partial charge in [-0.25, -0.2) is 0 Å². The van der Waals surface area contributed by atoms with E-state index in [1.165, 1.54) is 0 Å². The third kappa shape index (κ3) is 5.40. The molecule has 1 aliphatic rings. The highest BCUT2D eigenvalue weighted by Crippen LogP contribution is 2.11. The van der Waals surface area contributed by atoms with E-state index in [4.69, 9.17) is 13.9 Å². The van der Waals surface area contributed by atoms with Gasteiger partial charge < -0.3 is 19.0 Å². The van der Waals surface area contributed by atoms with Crippen LogP contribution in [-0.4, -0.2) is 64.8 Å². The first kappa shape index (κ1) is 18.1. The molecule has 2 atom stereocenters. The largest absolute Gasteiger partial charge is 0.467 e. The maximum Gasteiger partial charge on any atom is 0.129 e. The van der Waals surface area contributed by atoms with E-state index in [0.29, 0.717) is 26.4 Å². The molecule has 0 radical (unpaired) electrons. The highest BCUT2D eigenvalue weighted by Gasteiger charge is 2.23. The first-order chi connectivity index (χ1) is 12.1. The van der Waals surface area contributed by atoms with Crippen LogP contribution in [0, 0.1) is 13.8 Å². The zero-order valence-electron chi connectivity index (χ0n) is 14.9. The van der Waals surface area contributed by atoms with E-state index in [2.05, 4.69) is 23.0 Å². The predicted octanol–water partition coefficient (Wildman–Crippen LogP) is 1.37. The van der Waals surface area contributed by atoms with Crippen LogP contribution in [0.25, 0.3) is 0 Å². The number of morpholine rings is 1. The van der Waals surface area contributed by atoms with Gasteiger partial charge in [0.25, 0.3) is 0 Å². The first-order valence-corrected chi connectivity index (χ1v) is 8.73. The SMILES string of the molecule is Cc1cc(C)n(C[C@H]2CN(C[C@@H](O)COCc3ccco3)CCO2)n1. The Bertz CT molecular complexity index is 641. The van der Waals surface area contributed by atoms with Gasteiger partial charge in [-0.3, -0.25) is 9.58 Å². The van der Waals surface area contributed by atoms with Gasteiger partial charge in [-0.2, -0.15) is 5.10 Å². The summed E-state index contributed by atoms with van der Waals surface area (Å²) in [4.78, 5) is 2.22. The Morgan fingerprint density at radius 2 is 2.32 bits per heavy atom. The van der Waals surface area contributed by atoms with E-state index in [0.717, 1.165) is 36.8 Å². The fourth-order valence-corrected chi connectivity index (χ4v) is 3.15. The highest BCUT2D eigenvalue weighted by molar-refractivity contribution is 5.06. The molecular formula is C18H27N3O4. The summed E-state index contributed by atoms with van der Waals surface area (Å²) >= 11 is 0. The van der Waals surface area contributed by atoms with E-state index in [1.807, 2.05) is 23.7 Å². The lowest BCUT2D eigenvalue weighted by Crippen LogP contribution is -2.47. The monoisotopic (exact) mass is 349 g/mol. The zero-order valence-corrected chi connectivity index (χ0v) is 14.9. The molecule has 7 nitrogen and oxygen atoms in total. The quantitative estimate of drug-likeness (QED) is 0.776. The molecular weight excluding hydrogens is 322 g/mol. The third-order valence-electron chi connectivity index (χ3n) is 4.31. The van der Waals surface area contributed by atoms with Gasteiger partial charge >= 0.3 is 0 Å². The van der Waals surface area contributed by atoms with Crippen LogP contribution in [-0.2, 0) is 22.6 Å². The second kappa shape index (κ2) is 8.62. The van der Waals surface area contributed by atoms with Crippen molar-refractivity contribution >= 4 is 0 Å². The number of rotatable bonds is 8. The number of hydrogen-bond acceptors (Lipinski definition) is 6. The summed E-state index contributed by atoms with van der Waals surface area (Å²) < 4.78 is 18.6. The van der Waals surface area contributed by atoms with Crippen molar-refractivity contribution in [2.24, 2.45) is 0 Å². The number of aryl methyl sites for hydroxylation is 2. The van der Waals surface area contributed by atoms with Crippen molar-refractivity contribution in [2.75, 3.05) is 32.8 Å². The lowest BCUT2D eigenvalue weighted by Gasteiger charge is -2.34. The predicted molar refractivity (Wildman–Crippen MR) is 92.3 cm³/mol. The molecule has 0 aliphatic carbocycles. The molecule has 1 N–H and O–H groups in total. The lowest BCUT2D eigenvalue weighted by atomic mass is 10.2. The molecule has 3 rings (SSSR count). The molecule has 1 saturated heterocycles. The number of aromatic nitrogens is 2.